The third kappa shape index (κ3) is 3.94. The Hall–Kier alpha value is -3.92. The van der Waals surface area contributed by atoms with Crippen molar-refractivity contribution >= 4 is 34.3 Å². The second-order valence-corrected chi connectivity index (χ2v) is 6.97. The van der Waals surface area contributed by atoms with Gasteiger partial charge in [-0.1, -0.05) is 67.6 Å². The number of benzene rings is 4. The maximum Gasteiger partial charge on any atom is 0.259 e. The molecule has 0 spiro atoms. The van der Waals surface area contributed by atoms with E-state index >= 15 is 0 Å². The summed E-state index contributed by atoms with van der Waals surface area (Å²) >= 11 is 0. The second kappa shape index (κ2) is 8.62. The van der Waals surface area contributed by atoms with Gasteiger partial charge in [-0.2, -0.15) is 0 Å². The van der Waals surface area contributed by atoms with Crippen LogP contribution in [0.2, 0.25) is 0 Å². The van der Waals surface area contributed by atoms with Crippen LogP contribution in [0.5, 0.6) is 5.75 Å². The number of para-hydroxylation sites is 2. The molecule has 4 heteroatoms. The summed E-state index contributed by atoms with van der Waals surface area (Å²) in [7, 11) is 0. The highest BCUT2D eigenvalue weighted by Gasteiger charge is 2.17. The summed E-state index contributed by atoms with van der Waals surface area (Å²) in [5.74, 6) is -0.451. The van der Waals surface area contributed by atoms with Crippen molar-refractivity contribution in [3.63, 3.8) is 0 Å². The quantitative estimate of drug-likeness (QED) is 0.401. The van der Waals surface area contributed by atoms with E-state index in [9.17, 15) is 9.90 Å². The molecule has 0 saturated carbocycles. The molecular formula is C26H22N2O2. The number of nitrogens with one attached hydrogen (secondary N) is 1. The summed E-state index contributed by atoms with van der Waals surface area (Å²) in [6.07, 6.45) is 2.51. The number of carbonyl (C=O) groups is 1. The molecule has 4 aromatic rings. The van der Waals surface area contributed by atoms with Crippen molar-refractivity contribution in [1.82, 2.24) is 0 Å². The summed E-state index contributed by atoms with van der Waals surface area (Å²) in [5, 5.41) is 15.5. The Balaban J connectivity index is 1.79. The zero-order valence-electron chi connectivity index (χ0n) is 16.7. The molecule has 2 N–H and O–H groups in total. The van der Waals surface area contributed by atoms with Crippen molar-refractivity contribution < 1.29 is 9.90 Å². The lowest BCUT2D eigenvalue weighted by Crippen LogP contribution is -2.12. The average molecular weight is 394 g/mol. The van der Waals surface area contributed by atoms with E-state index < -0.39 is 0 Å². The van der Waals surface area contributed by atoms with Gasteiger partial charge < -0.3 is 10.4 Å². The lowest BCUT2D eigenvalue weighted by molar-refractivity contribution is 0.102. The minimum Gasteiger partial charge on any atom is -0.506 e. The molecule has 0 aromatic heterocycles. The van der Waals surface area contributed by atoms with Gasteiger partial charge in [-0.3, -0.25) is 9.79 Å². The summed E-state index contributed by atoms with van der Waals surface area (Å²) in [5.41, 5.74) is 3.38. The largest absolute Gasteiger partial charge is 0.506 e. The predicted molar refractivity (Wildman–Crippen MR) is 123 cm³/mol. The first-order valence-electron chi connectivity index (χ1n) is 9.90. The lowest BCUT2D eigenvalue weighted by atomic mass is 9.99. The molecule has 0 unspecified atom stereocenters. The summed E-state index contributed by atoms with van der Waals surface area (Å²) < 4.78 is 0. The Morgan fingerprint density at radius 2 is 1.67 bits per heavy atom. The Bertz CT molecular complexity index is 1230. The van der Waals surface area contributed by atoms with Crippen LogP contribution in [0.1, 0.15) is 28.4 Å². The predicted octanol–water partition coefficient (Wildman–Crippen LogP) is 6.11. The number of aliphatic imine (C=N–C) groups is 1. The molecule has 4 aromatic carbocycles. The molecule has 0 aliphatic rings. The van der Waals surface area contributed by atoms with E-state index in [1.807, 2.05) is 66.7 Å². The van der Waals surface area contributed by atoms with Crippen LogP contribution in [-0.4, -0.2) is 17.2 Å². The Kier molecular flexibility index (Phi) is 5.57. The molecule has 0 heterocycles. The topological polar surface area (TPSA) is 61.7 Å². The smallest absolute Gasteiger partial charge is 0.259 e. The average Bonchev–Trinajstić information content (AvgIpc) is 2.79. The third-order valence-electron chi connectivity index (χ3n) is 5.04. The first kappa shape index (κ1) is 19.4. The normalized spacial score (nSPS) is 11.1. The molecule has 0 saturated heterocycles. The number of nitrogens with zero attached hydrogens (tertiary/aromatic N) is 1. The van der Waals surface area contributed by atoms with Crippen LogP contribution in [0.3, 0.4) is 0 Å². The van der Waals surface area contributed by atoms with Gasteiger partial charge >= 0.3 is 0 Å². The second-order valence-electron chi connectivity index (χ2n) is 6.97. The number of fused-ring (bicyclic) bond motifs is 1. The van der Waals surface area contributed by atoms with Gasteiger partial charge in [-0.15, -0.1) is 0 Å². The van der Waals surface area contributed by atoms with Crippen LogP contribution in [-0.2, 0) is 6.42 Å². The molecule has 0 fully saturated rings. The number of amides is 1. The fourth-order valence-corrected chi connectivity index (χ4v) is 3.46. The van der Waals surface area contributed by atoms with Crippen LogP contribution in [0, 0.1) is 0 Å². The first-order chi connectivity index (χ1) is 14.7. The van der Waals surface area contributed by atoms with Crippen molar-refractivity contribution in [2.24, 2.45) is 4.99 Å². The van der Waals surface area contributed by atoms with Crippen molar-refractivity contribution in [3.05, 3.63) is 102 Å². The van der Waals surface area contributed by atoms with E-state index in [1.54, 1.807) is 24.4 Å². The molecular weight excluding hydrogens is 372 g/mol. The van der Waals surface area contributed by atoms with Gasteiger partial charge in [0.15, 0.2) is 0 Å². The van der Waals surface area contributed by atoms with E-state index in [-0.39, 0.29) is 17.2 Å². The zero-order chi connectivity index (χ0) is 20.9. The van der Waals surface area contributed by atoms with Crippen LogP contribution in [0.15, 0.2) is 89.9 Å². The maximum absolute atomic E-state index is 12.9. The number of aryl methyl sites for hydroxylation is 1. The SMILES string of the molecule is CCc1ccccc1N=Cc1c(O)c(C(=O)Nc2ccccc2)cc2ccccc12. The molecule has 0 aliphatic heterocycles. The summed E-state index contributed by atoms with van der Waals surface area (Å²) in [4.78, 5) is 17.5. The minimum absolute atomic E-state index is 0.0835. The number of rotatable bonds is 5. The highest BCUT2D eigenvalue weighted by atomic mass is 16.3. The van der Waals surface area contributed by atoms with Crippen molar-refractivity contribution in [1.29, 1.82) is 0 Å². The molecule has 0 radical (unpaired) electrons. The van der Waals surface area contributed by atoms with E-state index in [0.29, 0.717) is 11.3 Å². The fourth-order valence-electron chi connectivity index (χ4n) is 3.46. The molecule has 30 heavy (non-hydrogen) atoms. The lowest BCUT2D eigenvalue weighted by Gasteiger charge is -2.12. The molecule has 0 bridgehead atoms. The number of carbonyl (C=O) groups excluding carboxylic acids is 1. The van der Waals surface area contributed by atoms with Crippen molar-refractivity contribution in [2.75, 3.05) is 5.32 Å². The molecule has 4 nitrogen and oxygen atoms in total. The van der Waals surface area contributed by atoms with Gasteiger partial charge in [0, 0.05) is 17.5 Å². The van der Waals surface area contributed by atoms with Crippen LogP contribution < -0.4 is 5.32 Å². The van der Waals surface area contributed by atoms with Gasteiger partial charge in [0.25, 0.3) is 5.91 Å². The number of hydrogen-bond acceptors (Lipinski definition) is 3. The van der Waals surface area contributed by atoms with E-state index in [1.165, 1.54) is 0 Å². The monoisotopic (exact) mass is 394 g/mol. The van der Waals surface area contributed by atoms with E-state index in [2.05, 4.69) is 17.2 Å². The third-order valence-corrected chi connectivity index (χ3v) is 5.04. The number of aromatic hydroxyl groups is 1. The minimum atomic E-state index is -0.368. The van der Waals surface area contributed by atoms with Crippen molar-refractivity contribution in [2.45, 2.75) is 13.3 Å². The number of phenolic OH excluding ortho intramolecular Hbond substituents is 1. The molecule has 1 amide bonds. The standard InChI is InChI=1S/C26H22N2O2/c1-2-18-10-7-9-15-24(18)27-17-23-21-14-8-6-11-19(21)16-22(25(23)29)26(30)28-20-12-4-3-5-13-20/h3-17,29H,2H2,1H3,(H,28,30). The Morgan fingerprint density at radius 1 is 0.967 bits per heavy atom. The van der Waals surface area contributed by atoms with E-state index in [4.69, 9.17) is 0 Å². The maximum atomic E-state index is 12.9. The number of phenols is 1. The van der Waals surface area contributed by atoms with E-state index in [0.717, 1.165) is 28.4 Å². The van der Waals surface area contributed by atoms with Gasteiger partial charge in [0.1, 0.15) is 5.75 Å². The van der Waals surface area contributed by atoms with Crippen molar-refractivity contribution in [3.8, 4) is 5.75 Å². The number of hydrogen-bond donors (Lipinski definition) is 2. The highest BCUT2D eigenvalue weighted by Crippen LogP contribution is 2.31. The fraction of sp³-hybridized carbons (Fsp3) is 0.0769. The van der Waals surface area contributed by atoms with Crippen LogP contribution in [0.25, 0.3) is 10.8 Å². The van der Waals surface area contributed by atoms with Crippen LogP contribution >= 0.6 is 0 Å². The summed E-state index contributed by atoms with van der Waals surface area (Å²) in [6, 6.07) is 26.5. The molecule has 0 atom stereocenters. The Labute approximate surface area is 175 Å². The van der Waals surface area contributed by atoms with Gasteiger partial charge in [-0.25, -0.2) is 0 Å². The molecule has 4 rings (SSSR count). The summed E-state index contributed by atoms with van der Waals surface area (Å²) in [6.45, 7) is 2.08. The zero-order valence-corrected chi connectivity index (χ0v) is 16.7. The van der Waals surface area contributed by atoms with Crippen LogP contribution in [0.4, 0.5) is 11.4 Å². The Morgan fingerprint density at radius 3 is 2.47 bits per heavy atom. The first-order valence-corrected chi connectivity index (χ1v) is 9.90. The molecule has 0 aliphatic carbocycles. The van der Waals surface area contributed by atoms with Gasteiger partial charge in [-0.05, 0) is 47.0 Å². The van der Waals surface area contributed by atoms with Gasteiger partial charge in [0.2, 0.25) is 0 Å². The highest BCUT2D eigenvalue weighted by molar-refractivity contribution is 6.13. The van der Waals surface area contributed by atoms with Gasteiger partial charge in [0.05, 0.1) is 11.3 Å². The molecule has 148 valence electrons. The number of anilines is 1.